The summed E-state index contributed by atoms with van der Waals surface area (Å²) in [5.41, 5.74) is 1.40. The van der Waals surface area contributed by atoms with Crippen LogP contribution in [0.25, 0.3) is 11.0 Å². The highest BCUT2D eigenvalue weighted by Gasteiger charge is 2.16. The SMILES string of the molecule is CCCCCCCCOc1ccc(NS(=O)(=O)c2ccc3nc(NC(=O)OC)[nH]c3c2)cc1. The number of fused-ring (bicyclic) bond motifs is 1. The van der Waals surface area contributed by atoms with Gasteiger partial charge in [-0.25, -0.2) is 18.2 Å². The van der Waals surface area contributed by atoms with E-state index in [4.69, 9.17) is 4.74 Å². The van der Waals surface area contributed by atoms with E-state index in [-0.39, 0.29) is 10.8 Å². The van der Waals surface area contributed by atoms with Gasteiger partial charge in [-0.3, -0.25) is 10.0 Å². The van der Waals surface area contributed by atoms with Crippen LogP contribution in [0.15, 0.2) is 47.4 Å². The largest absolute Gasteiger partial charge is 0.494 e. The second kappa shape index (κ2) is 11.6. The zero-order valence-corrected chi connectivity index (χ0v) is 19.7. The number of aromatic amines is 1. The number of benzene rings is 2. The summed E-state index contributed by atoms with van der Waals surface area (Å²) < 4.78 is 38.5. The van der Waals surface area contributed by atoms with Gasteiger partial charge < -0.3 is 14.5 Å². The molecule has 0 saturated carbocycles. The summed E-state index contributed by atoms with van der Waals surface area (Å²) in [6.45, 7) is 2.85. The van der Waals surface area contributed by atoms with Crippen LogP contribution in [0.3, 0.4) is 0 Å². The first-order valence-corrected chi connectivity index (χ1v) is 12.5. The van der Waals surface area contributed by atoms with E-state index in [2.05, 4.69) is 31.7 Å². The number of imidazole rings is 1. The molecule has 9 nitrogen and oxygen atoms in total. The Morgan fingerprint density at radius 1 is 1.03 bits per heavy atom. The molecule has 0 unspecified atom stereocenters. The number of H-pyrrole nitrogens is 1. The molecular formula is C23H30N4O5S. The van der Waals surface area contributed by atoms with Crippen LogP contribution < -0.4 is 14.8 Å². The first kappa shape index (κ1) is 24.4. The fourth-order valence-corrected chi connectivity index (χ4v) is 4.35. The number of carbonyl (C=O) groups is 1. The Bertz CT molecular complexity index is 1160. The van der Waals surface area contributed by atoms with Gasteiger partial charge in [0, 0.05) is 5.69 Å². The Morgan fingerprint density at radius 2 is 1.76 bits per heavy atom. The fourth-order valence-electron chi connectivity index (χ4n) is 3.27. The van der Waals surface area contributed by atoms with Gasteiger partial charge in [0.25, 0.3) is 10.0 Å². The highest BCUT2D eigenvalue weighted by atomic mass is 32.2. The second-order valence-corrected chi connectivity index (χ2v) is 9.31. The quantitative estimate of drug-likeness (QED) is 0.307. The van der Waals surface area contributed by atoms with E-state index < -0.39 is 16.1 Å². The van der Waals surface area contributed by atoms with Crippen LogP contribution in [0, 0.1) is 0 Å². The average molecular weight is 475 g/mol. The van der Waals surface area contributed by atoms with Gasteiger partial charge in [-0.15, -0.1) is 0 Å². The number of nitrogens with one attached hydrogen (secondary N) is 3. The lowest BCUT2D eigenvalue weighted by atomic mass is 10.1. The van der Waals surface area contributed by atoms with Crippen LogP contribution in [0.5, 0.6) is 5.75 Å². The number of amides is 1. The highest BCUT2D eigenvalue weighted by Crippen LogP contribution is 2.23. The molecule has 1 aromatic heterocycles. The number of rotatable bonds is 12. The predicted molar refractivity (Wildman–Crippen MR) is 128 cm³/mol. The van der Waals surface area contributed by atoms with Crippen molar-refractivity contribution in [1.29, 1.82) is 0 Å². The number of carbonyl (C=O) groups excluding carboxylic acids is 1. The molecule has 3 rings (SSSR count). The van der Waals surface area contributed by atoms with Crippen molar-refractivity contribution in [2.24, 2.45) is 0 Å². The minimum atomic E-state index is -3.82. The molecule has 2 aromatic carbocycles. The molecule has 0 aliphatic heterocycles. The molecule has 0 aliphatic carbocycles. The summed E-state index contributed by atoms with van der Waals surface area (Å²) in [5, 5.41) is 2.41. The Morgan fingerprint density at radius 3 is 2.48 bits per heavy atom. The molecule has 10 heteroatoms. The Balaban J connectivity index is 1.57. The topological polar surface area (TPSA) is 122 Å². The van der Waals surface area contributed by atoms with Crippen molar-refractivity contribution in [3.63, 3.8) is 0 Å². The van der Waals surface area contributed by atoms with Crippen molar-refractivity contribution in [1.82, 2.24) is 9.97 Å². The molecule has 33 heavy (non-hydrogen) atoms. The van der Waals surface area contributed by atoms with Crippen LogP contribution in [0.4, 0.5) is 16.4 Å². The Hall–Kier alpha value is -3.27. The van der Waals surface area contributed by atoms with Gasteiger partial charge in [-0.2, -0.15) is 0 Å². The van der Waals surface area contributed by atoms with E-state index in [0.29, 0.717) is 29.1 Å². The molecule has 0 aliphatic rings. The van der Waals surface area contributed by atoms with Crippen molar-refractivity contribution in [2.75, 3.05) is 23.8 Å². The molecule has 0 fully saturated rings. The molecule has 1 amide bonds. The second-order valence-electron chi connectivity index (χ2n) is 7.63. The average Bonchev–Trinajstić information content (AvgIpc) is 3.20. The van der Waals surface area contributed by atoms with E-state index in [1.807, 2.05) is 0 Å². The lowest BCUT2D eigenvalue weighted by Crippen LogP contribution is -2.12. The molecule has 0 atom stereocenters. The number of aromatic nitrogens is 2. The maximum absolute atomic E-state index is 12.8. The van der Waals surface area contributed by atoms with E-state index in [9.17, 15) is 13.2 Å². The third kappa shape index (κ3) is 7.11. The lowest BCUT2D eigenvalue weighted by Gasteiger charge is -2.10. The Kier molecular flexibility index (Phi) is 8.53. The normalized spacial score (nSPS) is 11.3. The van der Waals surface area contributed by atoms with Crippen molar-refractivity contribution in [3.8, 4) is 5.75 Å². The van der Waals surface area contributed by atoms with Gasteiger partial charge >= 0.3 is 6.09 Å². The van der Waals surface area contributed by atoms with Crippen molar-refractivity contribution in [3.05, 3.63) is 42.5 Å². The number of nitrogens with zero attached hydrogens (tertiary/aromatic N) is 1. The maximum Gasteiger partial charge on any atom is 0.413 e. The molecule has 3 aromatic rings. The van der Waals surface area contributed by atoms with Gasteiger partial charge in [-0.05, 0) is 48.9 Å². The first-order chi connectivity index (χ1) is 15.9. The predicted octanol–water partition coefficient (Wildman–Crippen LogP) is 5.28. The molecule has 0 bridgehead atoms. The monoisotopic (exact) mass is 474 g/mol. The van der Waals surface area contributed by atoms with Crippen molar-refractivity contribution < 1.29 is 22.7 Å². The van der Waals surface area contributed by atoms with E-state index in [0.717, 1.165) is 12.8 Å². The third-order valence-corrected chi connectivity index (χ3v) is 6.42. The van der Waals surface area contributed by atoms with Crippen LogP contribution in [0.1, 0.15) is 45.4 Å². The van der Waals surface area contributed by atoms with E-state index in [1.54, 1.807) is 30.3 Å². The fraction of sp³-hybridized carbons (Fsp3) is 0.391. The molecule has 3 N–H and O–H groups in total. The third-order valence-electron chi connectivity index (χ3n) is 5.04. The number of hydrogen-bond donors (Lipinski definition) is 3. The van der Waals surface area contributed by atoms with E-state index in [1.165, 1.54) is 44.9 Å². The number of anilines is 2. The van der Waals surface area contributed by atoms with Crippen LogP contribution in [-0.4, -0.2) is 38.2 Å². The minimum absolute atomic E-state index is 0.0617. The highest BCUT2D eigenvalue weighted by molar-refractivity contribution is 7.92. The zero-order valence-electron chi connectivity index (χ0n) is 18.9. The molecule has 0 saturated heterocycles. The lowest BCUT2D eigenvalue weighted by molar-refractivity contribution is 0.186. The number of methoxy groups -OCH3 is 1. The summed E-state index contributed by atoms with van der Waals surface area (Å²) in [7, 11) is -2.58. The van der Waals surface area contributed by atoms with Gasteiger partial charge in [0.2, 0.25) is 5.95 Å². The van der Waals surface area contributed by atoms with Gasteiger partial charge in [0.1, 0.15) is 5.75 Å². The smallest absolute Gasteiger partial charge is 0.413 e. The summed E-state index contributed by atoms with van der Waals surface area (Å²) in [6, 6.07) is 11.3. The molecular weight excluding hydrogens is 444 g/mol. The number of sulfonamides is 1. The number of hydrogen-bond acceptors (Lipinski definition) is 6. The molecule has 1 heterocycles. The summed E-state index contributed by atoms with van der Waals surface area (Å²) in [6.07, 6.45) is 6.49. The summed E-state index contributed by atoms with van der Waals surface area (Å²) in [5.74, 6) is 0.868. The van der Waals surface area contributed by atoms with Crippen LogP contribution in [-0.2, 0) is 14.8 Å². The van der Waals surface area contributed by atoms with Crippen molar-refractivity contribution in [2.45, 2.75) is 50.3 Å². The summed E-state index contributed by atoms with van der Waals surface area (Å²) in [4.78, 5) is 18.4. The first-order valence-electron chi connectivity index (χ1n) is 11.0. The summed E-state index contributed by atoms with van der Waals surface area (Å²) >= 11 is 0. The minimum Gasteiger partial charge on any atom is -0.494 e. The van der Waals surface area contributed by atoms with E-state index >= 15 is 0 Å². The Labute approximate surface area is 193 Å². The van der Waals surface area contributed by atoms with Gasteiger partial charge in [0.15, 0.2) is 0 Å². The zero-order chi connectivity index (χ0) is 23.7. The van der Waals surface area contributed by atoms with Gasteiger partial charge in [0.05, 0.1) is 29.6 Å². The standard InChI is InChI=1S/C23H30N4O5S/c1-3-4-5-6-7-8-15-32-18-11-9-17(10-12-18)27-33(29,30)19-13-14-20-21(16-19)25-22(24-20)26-23(28)31-2/h9-14,16,27H,3-8,15H2,1-2H3,(H2,24,25,26,28). The number of ether oxygens (including phenoxy) is 2. The van der Waals surface area contributed by atoms with Gasteiger partial charge in [-0.1, -0.05) is 39.0 Å². The maximum atomic E-state index is 12.8. The molecule has 178 valence electrons. The molecule has 0 spiro atoms. The van der Waals surface area contributed by atoms with Crippen molar-refractivity contribution >= 4 is 38.8 Å². The van der Waals surface area contributed by atoms with Crippen LogP contribution >= 0.6 is 0 Å². The molecule has 0 radical (unpaired) electrons. The van der Waals surface area contributed by atoms with Crippen LogP contribution in [0.2, 0.25) is 0 Å². The number of unbranched alkanes of at least 4 members (excludes halogenated alkanes) is 5.